The van der Waals surface area contributed by atoms with Crippen molar-refractivity contribution in [3.63, 3.8) is 0 Å². The van der Waals surface area contributed by atoms with Gasteiger partial charge in [-0.2, -0.15) is 5.26 Å². The largest absolute Gasteiger partial charge is 0.362 e. The summed E-state index contributed by atoms with van der Waals surface area (Å²) in [5, 5.41) is 16.2. The normalized spacial score (nSPS) is 10.7. The molecule has 148 valence electrons. The Morgan fingerprint density at radius 2 is 2.00 bits per heavy atom. The number of anilines is 2. The molecule has 1 N–H and O–H groups in total. The Morgan fingerprint density at radius 3 is 2.62 bits per heavy atom. The van der Waals surface area contributed by atoms with Gasteiger partial charge in [-0.05, 0) is 36.2 Å². The van der Waals surface area contributed by atoms with Crippen molar-refractivity contribution >= 4 is 17.4 Å². The fourth-order valence-corrected chi connectivity index (χ4v) is 2.92. The van der Waals surface area contributed by atoms with Crippen LogP contribution in [-0.4, -0.2) is 30.1 Å². The average molecular weight is 389 g/mol. The van der Waals surface area contributed by atoms with E-state index >= 15 is 0 Å². The fraction of sp³-hybridized carbons (Fsp3) is 0.273. The molecule has 0 radical (unpaired) electrons. The minimum absolute atomic E-state index is 0.155. The second kappa shape index (κ2) is 8.15. The van der Waals surface area contributed by atoms with Crippen LogP contribution in [0.4, 0.5) is 11.5 Å². The number of carbonyl (C=O) groups is 1. The van der Waals surface area contributed by atoms with Gasteiger partial charge in [-0.25, -0.2) is 4.98 Å². The van der Waals surface area contributed by atoms with Crippen molar-refractivity contribution in [3.8, 4) is 17.2 Å². The first-order valence-corrected chi connectivity index (χ1v) is 9.26. The van der Waals surface area contributed by atoms with Crippen LogP contribution >= 0.6 is 0 Å². The number of nitrogens with zero attached hydrogens (tertiary/aromatic N) is 4. The van der Waals surface area contributed by atoms with Crippen LogP contribution in [0.25, 0.3) is 11.1 Å². The van der Waals surface area contributed by atoms with Gasteiger partial charge >= 0.3 is 0 Å². The van der Waals surface area contributed by atoms with Crippen LogP contribution in [0.1, 0.15) is 47.1 Å². The summed E-state index contributed by atoms with van der Waals surface area (Å²) in [6, 6.07) is 11.3. The predicted octanol–water partition coefficient (Wildman–Crippen LogP) is 4.36. The van der Waals surface area contributed by atoms with Gasteiger partial charge in [0.05, 0.1) is 5.56 Å². The Labute approximate surface area is 170 Å². The third kappa shape index (κ3) is 4.27. The van der Waals surface area contributed by atoms with Crippen molar-refractivity contribution < 1.29 is 9.32 Å². The number of aromatic nitrogens is 2. The van der Waals surface area contributed by atoms with Crippen LogP contribution in [0.5, 0.6) is 0 Å². The van der Waals surface area contributed by atoms with Gasteiger partial charge in [0.15, 0.2) is 5.69 Å². The zero-order chi connectivity index (χ0) is 21.1. The first-order chi connectivity index (χ1) is 13.8. The van der Waals surface area contributed by atoms with Gasteiger partial charge < -0.3 is 14.7 Å². The van der Waals surface area contributed by atoms with Crippen LogP contribution in [0.15, 0.2) is 41.1 Å². The summed E-state index contributed by atoms with van der Waals surface area (Å²) in [6.45, 7) is 5.92. The Balaban J connectivity index is 1.90. The summed E-state index contributed by atoms with van der Waals surface area (Å²) in [7, 11) is 3.69. The molecule has 2 heterocycles. The number of amides is 1. The van der Waals surface area contributed by atoms with Crippen molar-refractivity contribution in [1.29, 1.82) is 5.26 Å². The molecule has 7 nitrogen and oxygen atoms in total. The smallest absolute Gasteiger partial charge is 0.277 e. The van der Waals surface area contributed by atoms with Crippen molar-refractivity contribution in [3.05, 3.63) is 59.1 Å². The Kier molecular flexibility index (Phi) is 5.64. The van der Waals surface area contributed by atoms with E-state index in [1.165, 1.54) is 0 Å². The Hall–Kier alpha value is -3.66. The van der Waals surface area contributed by atoms with Gasteiger partial charge in [0.1, 0.15) is 17.6 Å². The van der Waals surface area contributed by atoms with E-state index in [9.17, 15) is 10.1 Å². The summed E-state index contributed by atoms with van der Waals surface area (Å²) in [6.07, 6.45) is 1.73. The molecule has 0 bridgehead atoms. The number of nitriles is 1. The molecule has 0 unspecified atom stereocenters. The van der Waals surface area contributed by atoms with Crippen molar-refractivity contribution in [2.75, 3.05) is 24.3 Å². The minimum Gasteiger partial charge on any atom is -0.362 e. The van der Waals surface area contributed by atoms with E-state index in [-0.39, 0.29) is 17.5 Å². The molecule has 1 aromatic carbocycles. The standard InChI is InChI=1S/C22H23N5O2/c1-13(2)20-10-19(26-29-20)22(28)25-17-7-6-14(3)18(9-17)16-8-15(11-23)21(24-12-16)27(4)5/h6-10,12-13H,1-5H3,(H,25,28). The number of nitrogens with one attached hydrogen (secondary N) is 1. The van der Waals surface area contributed by atoms with Gasteiger partial charge in [0, 0.05) is 43.5 Å². The van der Waals surface area contributed by atoms with Crippen LogP contribution in [0.3, 0.4) is 0 Å². The van der Waals surface area contributed by atoms with E-state index in [1.54, 1.807) is 17.2 Å². The van der Waals surface area contributed by atoms with E-state index in [0.717, 1.165) is 16.7 Å². The number of aryl methyl sites for hydroxylation is 1. The van der Waals surface area contributed by atoms with Crippen LogP contribution in [0, 0.1) is 18.3 Å². The highest BCUT2D eigenvalue weighted by Gasteiger charge is 2.16. The summed E-state index contributed by atoms with van der Waals surface area (Å²) < 4.78 is 5.20. The third-order valence-electron chi connectivity index (χ3n) is 4.55. The van der Waals surface area contributed by atoms with E-state index in [1.807, 2.05) is 59.1 Å². The monoisotopic (exact) mass is 389 g/mol. The molecule has 0 saturated carbocycles. The summed E-state index contributed by atoms with van der Waals surface area (Å²) in [5.74, 6) is 1.09. The zero-order valence-corrected chi connectivity index (χ0v) is 17.1. The van der Waals surface area contributed by atoms with Gasteiger partial charge in [0.2, 0.25) is 0 Å². The molecule has 0 atom stereocenters. The third-order valence-corrected chi connectivity index (χ3v) is 4.55. The highest BCUT2D eigenvalue weighted by Crippen LogP contribution is 2.29. The number of hydrogen-bond acceptors (Lipinski definition) is 6. The first kappa shape index (κ1) is 20.1. The number of pyridine rings is 1. The molecule has 0 aliphatic rings. The van der Waals surface area contributed by atoms with E-state index < -0.39 is 0 Å². The van der Waals surface area contributed by atoms with Gasteiger partial charge in [-0.15, -0.1) is 0 Å². The maximum atomic E-state index is 12.5. The van der Waals surface area contributed by atoms with Crippen molar-refractivity contribution in [2.24, 2.45) is 0 Å². The topological polar surface area (TPSA) is 95.1 Å². The summed E-state index contributed by atoms with van der Waals surface area (Å²) in [5.41, 5.74) is 4.06. The van der Waals surface area contributed by atoms with Crippen molar-refractivity contribution in [1.82, 2.24) is 10.1 Å². The maximum Gasteiger partial charge on any atom is 0.277 e. The first-order valence-electron chi connectivity index (χ1n) is 9.26. The maximum absolute atomic E-state index is 12.5. The summed E-state index contributed by atoms with van der Waals surface area (Å²) in [4.78, 5) is 18.7. The number of benzene rings is 1. The molecule has 3 aromatic rings. The Bertz CT molecular complexity index is 1090. The molecule has 0 spiro atoms. The molecule has 0 aliphatic carbocycles. The molecule has 0 fully saturated rings. The number of hydrogen-bond donors (Lipinski definition) is 1. The molecule has 2 aromatic heterocycles. The number of carbonyl (C=O) groups excluding carboxylic acids is 1. The molecule has 7 heteroatoms. The molecule has 29 heavy (non-hydrogen) atoms. The highest BCUT2D eigenvalue weighted by atomic mass is 16.5. The minimum atomic E-state index is -0.339. The van der Waals surface area contributed by atoms with Gasteiger partial charge in [-0.1, -0.05) is 25.1 Å². The van der Waals surface area contributed by atoms with Crippen LogP contribution < -0.4 is 10.2 Å². The molecule has 0 aliphatic heterocycles. The van der Waals surface area contributed by atoms with Gasteiger partial charge in [-0.3, -0.25) is 4.79 Å². The fourth-order valence-electron chi connectivity index (χ4n) is 2.92. The lowest BCUT2D eigenvalue weighted by atomic mass is 10.00. The lowest BCUT2D eigenvalue weighted by Crippen LogP contribution is -2.13. The quantitative estimate of drug-likeness (QED) is 0.697. The Morgan fingerprint density at radius 1 is 1.24 bits per heavy atom. The molecule has 1 amide bonds. The summed E-state index contributed by atoms with van der Waals surface area (Å²) >= 11 is 0. The molecular weight excluding hydrogens is 366 g/mol. The van der Waals surface area contributed by atoms with Crippen LogP contribution in [0.2, 0.25) is 0 Å². The van der Waals surface area contributed by atoms with Crippen LogP contribution in [-0.2, 0) is 0 Å². The highest BCUT2D eigenvalue weighted by molar-refractivity contribution is 6.03. The molecular formula is C22H23N5O2. The van der Waals surface area contributed by atoms with Gasteiger partial charge in [0.25, 0.3) is 5.91 Å². The van der Waals surface area contributed by atoms with Crippen molar-refractivity contribution in [2.45, 2.75) is 26.7 Å². The van der Waals surface area contributed by atoms with E-state index in [2.05, 4.69) is 21.5 Å². The molecule has 3 rings (SSSR count). The van der Waals surface area contributed by atoms with E-state index in [0.29, 0.717) is 22.8 Å². The molecule has 0 saturated heterocycles. The number of rotatable bonds is 5. The lowest BCUT2D eigenvalue weighted by Gasteiger charge is -2.15. The lowest BCUT2D eigenvalue weighted by molar-refractivity contribution is 0.101. The second-order valence-electron chi connectivity index (χ2n) is 7.35. The zero-order valence-electron chi connectivity index (χ0n) is 17.1. The second-order valence-corrected chi connectivity index (χ2v) is 7.35. The average Bonchev–Trinajstić information content (AvgIpc) is 3.19. The van der Waals surface area contributed by atoms with E-state index in [4.69, 9.17) is 4.52 Å². The predicted molar refractivity (Wildman–Crippen MR) is 112 cm³/mol. The SMILES string of the molecule is Cc1ccc(NC(=O)c2cc(C(C)C)on2)cc1-c1cnc(N(C)C)c(C#N)c1.